The Bertz CT molecular complexity index is 437. The molecule has 1 N–H and O–H groups in total. The van der Waals surface area contributed by atoms with Gasteiger partial charge in [0.25, 0.3) is 0 Å². The molecule has 0 aromatic carbocycles. The van der Waals surface area contributed by atoms with Crippen LogP contribution in [0, 0.1) is 0 Å². The number of carboxylic acid groups (broad SMARTS) is 1. The molecule has 0 spiro atoms. The van der Waals surface area contributed by atoms with E-state index in [1.807, 2.05) is 11.8 Å². The van der Waals surface area contributed by atoms with Crippen molar-refractivity contribution in [3.8, 4) is 0 Å². The average molecular weight is 284 g/mol. The fourth-order valence-corrected chi connectivity index (χ4v) is 2.99. The van der Waals surface area contributed by atoms with Gasteiger partial charge in [-0.2, -0.15) is 4.37 Å². The van der Waals surface area contributed by atoms with Gasteiger partial charge in [-0.15, -0.1) is 0 Å². The molecule has 1 atom stereocenters. The maximum atomic E-state index is 11.0. The summed E-state index contributed by atoms with van der Waals surface area (Å²) in [6.45, 7) is 7.11. The molecular formula is C12H20N4O2S. The monoisotopic (exact) mass is 284 g/mol. The number of hydrogen-bond acceptors (Lipinski definition) is 6. The first kappa shape index (κ1) is 14.2. The number of carbonyl (C=O) groups is 1. The van der Waals surface area contributed by atoms with Crippen molar-refractivity contribution >= 4 is 22.6 Å². The molecule has 19 heavy (non-hydrogen) atoms. The number of hydrogen-bond donors (Lipinski definition) is 1. The third-order valence-corrected chi connectivity index (χ3v) is 4.29. The van der Waals surface area contributed by atoms with E-state index in [2.05, 4.69) is 14.3 Å². The fourth-order valence-electron chi connectivity index (χ4n) is 2.19. The van der Waals surface area contributed by atoms with Gasteiger partial charge in [0.1, 0.15) is 11.9 Å². The van der Waals surface area contributed by atoms with Crippen LogP contribution >= 0.6 is 11.5 Å². The van der Waals surface area contributed by atoms with E-state index in [4.69, 9.17) is 5.11 Å². The Morgan fingerprint density at radius 1 is 1.42 bits per heavy atom. The molecular weight excluding hydrogens is 264 g/mol. The summed E-state index contributed by atoms with van der Waals surface area (Å²) in [5.41, 5.74) is 0. The van der Waals surface area contributed by atoms with Gasteiger partial charge < -0.3 is 10.0 Å². The van der Waals surface area contributed by atoms with Crippen LogP contribution in [0.3, 0.4) is 0 Å². The van der Waals surface area contributed by atoms with Crippen molar-refractivity contribution in [2.75, 3.05) is 31.1 Å². The van der Waals surface area contributed by atoms with Gasteiger partial charge in [0.05, 0.1) is 0 Å². The van der Waals surface area contributed by atoms with E-state index in [0.29, 0.717) is 0 Å². The van der Waals surface area contributed by atoms with Gasteiger partial charge in [0.15, 0.2) is 0 Å². The summed E-state index contributed by atoms with van der Waals surface area (Å²) in [5, 5.41) is 10.0. The van der Waals surface area contributed by atoms with Crippen LogP contribution in [0.1, 0.15) is 26.1 Å². The smallest absolute Gasteiger partial charge is 0.320 e. The number of anilines is 1. The zero-order valence-electron chi connectivity index (χ0n) is 11.4. The number of carboxylic acids is 1. The quantitative estimate of drug-likeness (QED) is 0.892. The Balaban J connectivity index is 1.98. The minimum absolute atomic E-state index is 0.416. The predicted molar refractivity (Wildman–Crippen MR) is 74.8 cm³/mol. The van der Waals surface area contributed by atoms with Crippen molar-refractivity contribution < 1.29 is 9.90 Å². The molecule has 6 nitrogen and oxygen atoms in total. The largest absolute Gasteiger partial charge is 0.480 e. The molecule has 0 bridgehead atoms. The van der Waals surface area contributed by atoms with Crippen LogP contribution in [-0.4, -0.2) is 57.6 Å². The molecule has 0 aliphatic carbocycles. The van der Waals surface area contributed by atoms with E-state index in [0.717, 1.165) is 50.0 Å². The second kappa shape index (κ2) is 6.29. The number of aliphatic carboxylic acids is 1. The van der Waals surface area contributed by atoms with Crippen molar-refractivity contribution in [1.29, 1.82) is 0 Å². The zero-order valence-corrected chi connectivity index (χ0v) is 12.2. The Hall–Kier alpha value is -1.21. The first-order chi connectivity index (χ1) is 9.11. The highest BCUT2D eigenvalue weighted by atomic mass is 32.1. The van der Waals surface area contributed by atoms with Crippen molar-refractivity contribution in [1.82, 2.24) is 14.3 Å². The van der Waals surface area contributed by atoms with Crippen molar-refractivity contribution in [2.24, 2.45) is 0 Å². The lowest BCUT2D eigenvalue weighted by Gasteiger charge is -2.24. The molecule has 1 aromatic heterocycles. The highest BCUT2D eigenvalue weighted by molar-refractivity contribution is 7.09. The van der Waals surface area contributed by atoms with Gasteiger partial charge in [-0.05, 0) is 13.3 Å². The van der Waals surface area contributed by atoms with Crippen LogP contribution in [0.15, 0.2) is 0 Å². The van der Waals surface area contributed by atoms with Crippen LogP contribution < -0.4 is 4.90 Å². The molecule has 1 aliphatic heterocycles. The maximum Gasteiger partial charge on any atom is 0.320 e. The third-order valence-electron chi connectivity index (χ3n) is 3.48. The van der Waals surface area contributed by atoms with Crippen molar-refractivity contribution in [3.63, 3.8) is 0 Å². The SMILES string of the molecule is CCc1nsc(N2CCCN(C(C)C(=O)O)CC2)n1. The molecule has 1 saturated heterocycles. The van der Waals surface area contributed by atoms with Gasteiger partial charge in [-0.1, -0.05) is 6.92 Å². The molecule has 0 saturated carbocycles. The standard InChI is InChI=1S/C12H20N4O2S/c1-3-10-13-12(19-14-10)16-6-4-5-15(7-8-16)9(2)11(17)18/h9H,3-8H2,1-2H3,(H,17,18). The minimum atomic E-state index is -0.752. The van der Waals surface area contributed by atoms with E-state index in [1.165, 1.54) is 11.5 Å². The summed E-state index contributed by atoms with van der Waals surface area (Å²) in [4.78, 5) is 19.8. The second-order valence-electron chi connectivity index (χ2n) is 4.74. The topological polar surface area (TPSA) is 69.6 Å². The van der Waals surface area contributed by atoms with Crippen LogP contribution in [0.25, 0.3) is 0 Å². The first-order valence-electron chi connectivity index (χ1n) is 6.66. The summed E-state index contributed by atoms with van der Waals surface area (Å²) in [5.74, 6) is 0.137. The van der Waals surface area contributed by atoms with E-state index >= 15 is 0 Å². The molecule has 2 rings (SSSR count). The van der Waals surface area contributed by atoms with Crippen LogP contribution in [-0.2, 0) is 11.2 Å². The highest BCUT2D eigenvalue weighted by Crippen LogP contribution is 2.19. The number of rotatable bonds is 4. The summed E-state index contributed by atoms with van der Waals surface area (Å²) >= 11 is 1.44. The summed E-state index contributed by atoms with van der Waals surface area (Å²) in [6, 6.07) is -0.416. The van der Waals surface area contributed by atoms with Crippen molar-refractivity contribution in [2.45, 2.75) is 32.7 Å². The maximum absolute atomic E-state index is 11.0. The van der Waals surface area contributed by atoms with Gasteiger partial charge in [0.2, 0.25) is 5.13 Å². The van der Waals surface area contributed by atoms with Crippen LogP contribution in [0.5, 0.6) is 0 Å². The van der Waals surface area contributed by atoms with E-state index in [1.54, 1.807) is 6.92 Å². The lowest BCUT2D eigenvalue weighted by atomic mass is 10.2. The number of aryl methyl sites for hydroxylation is 1. The lowest BCUT2D eigenvalue weighted by Crippen LogP contribution is -2.41. The summed E-state index contributed by atoms with van der Waals surface area (Å²) in [6.07, 6.45) is 1.81. The molecule has 106 valence electrons. The van der Waals surface area contributed by atoms with Crippen LogP contribution in [0.2, 0.25) is 0 Å². The Labute approximate surface area is 117 Å². The lowest BCUT2D eigenvalue weighted by molar-refractivity contribution is -0.142. The fraction of sp³-hybridized carbons (Fsp3) is 0.750. The molecule has 7 heteroatoms. The molecule has 2 heterocycles. The first-order valence-corrected chi connectivity index (χ1v) is 7.43. The summed E-state index contributed by atoms with van der Waals surface area (Å²) < 4.78 is 4.30. The third kappa shape index (κ3) is 3.42. The van der Waals surface area contributed by atoms with E-state index in [-0.39, 0.29) is 0 Å². The molecule has 1 unspecified atom stereocenters. The van der Waals surface area contributed by atoms with E-state index in [9.17, 15) is 4.79 Å². The zero-order chi connectivity index (χ0) is 13.8. The normalized spacial score (nSPS) is 19.2. The van der Waals surface area contributed by atoms with Gasteiger partial charge in [0, 0.05) is 44.1 Å². The number of aromatic nitrogens is 2. The minimum Gasteiger partial charge on any atom is -0.480 e. The van der Waals surface area contributed by atoms with E-state index < -0.39 is 12.0 Å². The molecule has 0 radical (unpaired) electrons. The Morgan fingerprint density at radius 2 is 2.21 bits per heavy atom. The highest BCUT2D eigenvalue weighted by Gasteiger charge is 2.24. The van der Waals surface area contributed by atoms with Gasteiger partial charge in [-0.3, -0.25) is 9.69 Å². The van der Waals surface area contributed by atoms with Crippen LogP contribution in [0.4, 0.5) is 5.13 Å². The van der Waals surface area contributed by atoms with Crippen molar-refractivity contribution in [3.05, 3.63) is 5.82 Å². The van der Waals surface area contributed by atoms with Gasteiger partial charge in [-0.25, -0.2) is 4.98 Å². The predicted octanol–water partition coefficient (Wildman–Crippen LogP) is 1.09. The Morgan fingerprint density at radius 3 is 2.84 bits per heavy atom. The molecule has 1 aromatic rings. The second-order valence-corrected chi connectivity index (χ2v) is 5.47. The molecule has 0 amide bonds. The Kier molecular flexibility index (Phi) is 4.71. The molecule has 1 aliphatic rings. The molecule has 1 fully saturated rings. The van der Waals surface area contributed by atoms with Gasteiger partial charge >= 0.3 is 5.97 Å². The average Bonchev–Trinajstić information content (AvgIpc) is 2.75. The summed E-state index contributed by atoms with van der Waals surface area (Å²) in [7, 11) is 0. The number of nitrogens with zero attached hydrogens (tertiary/aromatic N) is 4.